The first-order chi connectivity index (χ1) is 24.2. The Labute approximate surface area is 282 Å². The number of fused-ring (bicyclic) bond motifs is 3. The van der Waals surface area contributed by atoms with Gasteiger partial charge in [0.15, 0.2) is 0 Å². The topological polar surface area (TPSA) is 201 Å². The van der Waals surface area contributed by atoms with Gasteiger partial charge in [0, 0.05) is 22.1 Å². The highest BCUT2D eigenvalue weighted by molar-refractivity contribution is 6.01. The lowest BCUT2D eigenvalue weighted by Crippen LogP contribution is -2.33. The molecule has 4 aromatic carbocycles. The van der Waals surface area contributed by atoms with Crippen LogP contribution in [0.3, 0.4) is 0 Å². The number of carbonyl (C=O) groups is 4. The van der Waals surface area contributed by atoms with Crippen molar-refractivity contribution in [1.82, 2.24) is 20.6 Å². The van der Waals surface area contributed by atoms with Gasteiger partial charge in [-0.2, -0.15) is 0 Å². The molecule has 0 aliphatic rings. The third-order valence-corrected chi connectivity index (χ3v) is 7.53. The third-order valence-electron chi connectivity index (χ3n) is 7.53. The van der Waals surface area contributed by atoms with E-state index in [1.807, 2.05) is 36.4 Å². The molecule has 0 aliphatic heterocycles. The Balaban J connectivity index is 1.10. The molecule has 14 heteroatoms. The number of rotatable bonds is 10. The maximum absolute atomic E-state index is 13.5. The summed E-state index contributed by atoms with van der Waals surface area (Å²) in [6, 6.07) is 27.3. The lowest BCUT2D eigenvalue weighted by Gasteiger charge is -2.10. The van der Waals surface area contributed by atoms with Gasteiger partial charge in [-0.05, 0) is 47.5 Å². The molecule has 14 nitrogen and oxygen atoms in total. The van der Waals surface area contributed by atoms with Gasteiger partial charge in [0.1, 0.15) is 37.3 Å². The Morgan fingerprint density at radius 2 is 0.940 bits per heavy atom. The van der Waals surface area contributed by atoms with Crippen LogP contribution in [0.1, 0.15) is 11.1 Å². The highest BCUT2D eigenvalue weighted by atomic mass is 16.6. The van der Waals surface area contributed by atoms with Crippen molar-refractivity contribution in [1.29, 1.82) is 0 Å². The number of aromatic nitrogens is 2. The van der Waals surface area contributed by atoms with Crippen molar-refractivity contribution in [2.45, 2.75) is 13.2 Å². The SMILES string of the molecule is O=C(CNC(=O)OCc1ccccc1)Nc1ccc2[nH]c3c(=O)c4cc(NC(=O)CNC(=O)OCc5ccccc5)ccc4[nH]c3c(=O)c2c1. The van der Waals surface area contributed by atoms with Crippen LogP contribution < -0.4 is 32.1 Å². The van der Waals surface area contributed by atoms with Crippen molar-refractivity contribution >= 4 is 68.2 Å². The maximum Gasteiger partial charge on any atom is 0.407 e. The quantitative estimate of drug-likeness (QED) is 0.116. The molecule has 2 heterocycles. The maximum atomic E-state index is 13.5. The first kappa shape index (κ1) is 33.0. The van der Waals surface area contributed by atoms with E-state index in [1.54, 1.807) is 48.5 Å². The van der Waals surface area contributed by atoms with Crippen molar-refractivity contribution < 1.29 is 28.7 Å². The molecule has 2 aromatic heterocycles. The van der Waals surface area contributed by atoms with Gasteiger partial charge in [-0.3, -0.25) is 19.2 Å². The molecular formula is C36H30N6O8. The zero-order valence-corrected chi connectivity index (χ0v) is 26.3. The molecule has 50 heavy (non-hydrogen) atoms. The number of alkyl carbamates (subject to hydrolysis) is 2. The Morgan fingerprint density at radius 3 is 1.34 bits per heavy atom. The second-order valence-corrected chi connectivity index (χ2v) is 11.1. The predicted octanol–water partition coefficient (Wildman–Crippen LogP) is 4.25. The third kappa shape index (κ3) is 7.94. The average Bonchev–Trinajstić information content (AvgIpc) is 3.13. The number of hydrogen-bond acceptors (Lipinski definition) is 8. The number of H-pyrrole nitrogens is 2. The van der Waals surface area contributed by atoms with Gasteiger partial charge in [-0.15, -0.1) is 0 Å². The average molecular weight is 675 g/mol. The molecule has 6 aromatic rings. The molecule has 0 unspecified atom stereocenters. The van der Waals surface area contributed by atoms with E-state index in [1.165, 1.54) is 12.1 Å². The fourth-order valence-corrected chi connectivity index (χ4v) is 5.11. The van der Waals surface area contributed by atoms with E-state index in [9.17, 15) is 28.8 Å². The highest BCUT2D eigenvalue weighted by Crippen LogP contribution is 2.20. The summed E-state index contributed by atoms with van der Waals surface area (Å²) < 4.78 is 10.2. The smallest absolute Gasteiger partial charge is 0.407 e. The van der Waals surface area contributed by atoms with Gasteiger partial charge in [-0.1, -0.05) is 60.7 Å². The second kappa shape index (κ2) is 14.9. The zero-order chi connectivity index (χ0) is 35.0. The summed E-state index contributed by atoms with van der Waals surface area (Å²) in [6.45, 7) is -0.616. The van der Waals surface area contributed by atoms with Crippen LogP contribution in [0.2, 0.25) is 0 Å². The fourth-order valence-electron chi connectivity index (χ4n) is 5.11. The van der Waals surface area contributed by atoms with Gasteiger partial charge < -0.3 is 40.7 Å². The first-order valence-electron chi connectivity index (χ1n) is 15.4. The Bertz CT molecular complexity index is 2190. The van der Waals surface area contributed by atoms with Gasteiger partial charge in [0.25, 0.3) is 0 Å². The monoisotopic (exact) mass is 674 g/mol. The summed E-state index contributed by atoms with van der Waals surface area (Å²) in [4.78, 5) is 82.0. The minimum absolute atomic E-state index is 0.0244. The van der Waals surface area contributed by atoms with Crippen LogP contribution in [-0.2, 0) is 32.3 Å². The summed E-state index contributed by atoms with van der Waals surface area (Å²) in [5.74, 6) is -1.08. The summed E-state index contributed by atoms with van der Waals surface area (Å²) in [7, 11) is 0. The Morgan fingerprint density at radius 1 is 0.540 bits per heavy atom. The predicted molar refractivity (Wildman–Crippen MR) is 187 cm³/mol. The molecule has 6 N–H and O–H groups in total. The van der Waals surface area contributed by atoms with E-state index >= 15 is 0 Å². The minimum Gasteiger partial charge on any atom is -0.445 e. The number of aromatic amines is 2. The highest BCUT2D eigenvalue weighted by Gasteiger charge is 2.15. The van der Waals surface area contributed by atoms with Crippen molar-refractivity contribution in [2.75, 3.05) is 23.7 Å². The number of nitrogens with one attached hydrogen (secondary N) is 6. The summed E-state index contributed by atoms with van der Waals surface area (Å²) in [6.07, 6.45) is -1.52. The van der Waals surface area contributed by atoms with Gasteiger partial charge in [0.05, 0.1) is 11.0 Å². The molecule has 0 fully saturated rings. The molecule has 0 bridgehead atoms. The molecule has 0 atom stereocenters. The molecule has 0 aliphatic carbocycles. The number of amides is 4. The lowest BCUT2D eigenvalue weighted by atomic mass is 10.1. The van der Waals surface area contributed by atoms with Crippen LogP contribution in [0, 0.1) is 0 Å². The lowest BCUT2D eigenvalue weighted by molar-refractivity contribution is -0.116. The van der Waals surface area contributed by atoms with Crippen LogP contribution in [0.5, 0.6) is 0 Å². The molecule has 0 saturated heterocycles. The van der Waals surface area contributed by atoms with Crippen LogP contribution >= 0.6 is 0 Å². The second-order valence-electron chi connectivity index (χ2n) is 11.1. The number of ether oxygens (including phenoxy) is 2. The van der Waals surface area contributed by atoms with E-state index in [-0.39, 0.29) is 48.1 Å². The largest absolute Gasteiger partial charge is 0.445 e. The Kier molecular flexibility index (Phi) is 9.79. The molecule has 0 saturated carbocycles. The normalized spacial score (nSPS) is 10.8. The van der Waals surface area contributed by atoms with Gasteiger partial charge in [0.2, 0.25) is 22.7 Å². The number of benzene rings is 4. The molecule has 4 amide bonds. The number of pyridine rings is 2. The fraction of sp³-hybridized carbons (Fsp3) is 0.111. The number of anilines is 2. The zero-order valence-electron chi connectivity index (χ0n) is 26.3. The molecule has 252 valence electrons. The number of hydrogen-bond donors (Lipinski definition) is 6. The van der Waals surface area contributed by atoms with Crippen LogP contribution in [-0.4, -0.2) is 47.1 Å². The van der Waals surface area contributed by atoms with Crippen LogP contribution in [0.25, 0.3) is 32.8 Å². The molecule has 0 spiro atoms. The van der Waals surface area contributed by atoms with Crippen molar-refractivity contribution in [2.24, 2.45) is 0 Å². The number of carbonyl (C=O) groups excluding carboxylic acids is 4. The van der Waals surface area contributed by atoms with Crippen molar-refractivity contribution in [3.8, 4) is 0 Å². The Hall–Kier alpha value is -6.96. The molecule has 0 radical (unpaired) electrons. The van der Waals surface area contributed by atoms with E-state index in [0.717, 1.165) is 11.1 Å². The van der Waals surface area contributed by atoms with E-state index in [4.69, 9.17) is 9.47 Å². The van der Waals surface area contributed by atoms with Gasteiger partial charge in [-0.25, -0.2) is 9.59 Å². The van der Waals surface area contributed by atoms with E-state index in [0.29, 0.717) is 22.4 Å². The van der Waals surface area contributed by atoms with Crippen molar-refractivity contribution in [3.63, 3.8) is 0 Å². The van der Waals surface area contributed by atoms with Gasteiger partial charge >= 0.3 is 12.2 Å². The first-order valence-corrected chi connectivity index (χ1v) is 15.4. The standard InChI is InChI=1S/C36H30N6O8/c43-29(17-37-35(47)49-19-21-7-3-1-4-8-21)39-23-11-13-27-25(15-23)33(45)31-32(41-27)34(46)26-16-24(12-14-28(26)42-31)40-30(44)18-38-36(48)50-20-22-9-5-2-6-10-22/h1-16H,17-20H2,(H,37,47)(H,38,48)(H,39,43)(H,40,44)(H,41,45)(H,42,46). The molecule has 6 rings (SSSR count). The summed E-state index contributed by atoms with van der Waals surface area (Å²) in [5, 5.41) is 10.4. The van der Waals surface area contributed by atoms with Crippen molar-refractivity contribution in [3.05, 3.63) is 129 Å². The molecular weight excluding hydrogens is 644 g/mol. The van der Waals surface area contributed by atoms with E-state index < -0.39 is 34.9 Å². The summed E-state index contributed by atoms with van der Waals surface area (Å²) in [5.41, 5.74) is 1.99. The summed E-state index contributed by atoms with van der Waals surface area (Å²) >= 11 is 0. The minimum atomic E-state index is -0.759. The van der Waals surface area contributed by atoms with E-state index in [2.05, 4.69) is 31.2 Å². The van der Waals surface area contributed by atoms with Crippen LogP contribution in [0.15, 0.2) is 107 Å². The van der Waals surface area contributed by atoms with Crippen LogP contribution in [0.4, 0.5) is 21.0 Å².